The first kappa shape index (κ1) is 11.1. The molecule has 0 aliphatic carbocycles. The van der Waals surface area contributed by atoms with E-state index in [1.54, 1.807) is 6.07 Å². The van der Waals surface area contributed by atoms with Crippen molar-refractivity contribution < 1.29 is 4.74 Å². The lowest BCUT2D eigenvalue weighted by Crippen LogP contribution is -2.28. The average Bonchev–Trinajstić information content (AvgIpc) is 2.46. The highest BCUT2D eigenvalue weighted by Crippen LogP contribution is 2.43. The Balaban J connectivity index is 2.43. The first-order chi connectivity index (χ1) is 7.13. The summed E-state index contributed by atoms with van der Waals surface area (Å²) in [5, 5.41) is 4.60. The van der Waals surface area contributed by atoms with E-state index >= 15 is 0 Å². The van der Waals surface area contributed by atoms with Crippen LogP contribution < -0.4 is 10.1 Å². The summed E-state index contributed by atoms with van der Waals surface area (Å²) in [4.78, 5) is 0. The van der Waals surface area contributed by atoms with Crippen LogP contribution in [-0.2, 0) is 0 Å². The maximum atomic E-state index is 6.07. The van der Waals surface area contributed by atoms with Gasteiger partial charge in [0.25, 0.3) is 0 Å². The quantitative estimate of drug-likeness (QED) is 0.863. The van der Waals surface area contributed by atoms with Crippen molar-refractivity contribution in [3.05, 3.63) is 27.7 Å². The normalized spacial score (nSPS) is 23.7. The van der Waals surface area contributed by atoms with Crippen molar-refractivity contribution in [2.75, 3.05) is 6.54 Å². The molecular weight excluding hydrogens is 233 g/mol. The lowest BCUT2D eigenvalue weighted by Gasteiger charge is -2.15. The van der Waals surface area contributed by atoms with Gasteiger partial charge in [0.1, 0.15) is 11.9 Å². The van der Waals surface area contributed by atoms with Gasteiger partial charge in [-0.25, -0.2) is 0 Å². The highest BCUT2D eigenvalue weighted by atomic mass is 35.5. The molecule has 0 saturated carbocycles. The third-order valence-electron chi connectivity index (χ3n) is 2.57. The van der Waals surface area contributed by atoms with Crippen LogP contribution in [0.25, 0.3) is 0 Å². The number of ether oxygens (including phenoxy) is 1. The van der Waals surface area contributed by atoms with Gasteiger partial charge in [0.15, 0.2) is 0 Å². The monoisotopic (exact) mass is 245 g/mol. The number of rotatable bonds is 2. The second-order valence-electron chi connectivity index (χ2n) is 3.66. The second kappa shape index (κ2) is 4.20. The third-order valence-corrected chi connectivity index (χ3v) is 3.07. The number of benzene rings is 1. The number of nitrogens with one attached hydrogen (secondary N) is 1. The summed E-state index contributed by atoms with van der Waals surface area (Å²) in [5.41, 5.74) is 1.06. The van der Waals surface area contributed by atoms with Crippen molar-refractivity contribution in [3.63, 3.8) is 0 Å². The Labute approximate surface area is 99.5 Å². The molecule has 2 atom stereocenters. The van der Waals surface area contributed by atoms with Gasteiger partial charge < -0.3 is 10.1 Å². The van der Waals surface area contributed by atoms with Crippen LogP contribution >= 0.6 is 23.2 Å². The van der Waals surface area contributed by atoms with E-state index in [-0.39, 0.29) is 12.1 Å². The fraction of sp³-hybridized carbons (Fsp3) is 0.455. The topological polar surface area (TPSA) is 21.3 Å². The molecule has 2 nitrogen and oxygen atoms in total. The van der Waals surface area contributed by atoms with E-state index in [0.29, 0.717) is 10.0 Å². The van der Waals surface area contributed by atoms with Crippen LogP contribution in [0.15, 0.2) is 12.1 Å². The molecule has 2 rings (SSSR count). The minimum Gasteiger partial charge on any atom is -0.487 e. The lowest BCUT2D eigenvalue weighted by atomic mass is 10.0. The number of likely N-dealkylation sites (N-methyl/N-ethyl adjacent to an activating group) is 1. The molecule has 1 heterocycles. The molecule has 1 aliphatic heterocycles. The molecule has 1 aromatic carbocycles. The predicted octanol–water partition coefficient (Wildman–Crippen LogP) is 3.42. The summed E-state index contributed by atoms with van der Waals surface area (Å²) in [6, 6.07) is 3.81. The molecule has 0 spiro atoms. The predicted molar refractivity (Wildman–Crippen MR) is 63.0 cm³/mol. The molecule has 0 saturated heterocycles. The minimum absolute atomic E-state index is 0.0934. The summed E-state index contributed by atoms with van der Waals surface area (Å²) in [6.07, 6.45) is 0.0934. The van der Waals surface area contributed by atoms with Gasteiger partial charge >= 0.3 is 0 Å². The summed E-state index contributed by atoms with van der Waals surface area (Å²) in [7, 11) is 0. The summed E-state index contributed by atoms with van der Waals surface area (Å²) < 4.78 is 5.70. The molecule has 1 aliphatic rings. The van der Waals surface area contributed by atoms with Crippen LogP contribution in [-0.4, -0.2) is 12.6 Å². The molecular formula is C11H13Cl2NO. The van der Waals surface area contributed by atoms with Crippen molar-refractivity contribution in [3.8, 4) is 5.75 Å². The van der Waals surface area contributed by atoms with Gasteiger partial charge in [0, 0.05) is 10.6 Å². The fourth-order valence-electron chi connectivity index (χ4n) is 1.94. The Morgan fingerprint density at radius 2 is 2.13 bits per heavy atom. The van der Waals surface area contributed by atoms with E-state index in [1.165, 1.54) is 0 Å². The van der Waals surface area contributed by atoms with Crippen LogP contribution in [0.4, 0.5) is 0 Å². The minimum atomic E-state index is 0.0934. The SMILES string of the molecule is CCNC1c2cc(Cl)cc(Cl)c2OC1C. The molecule has 1 N–H and O–H groups in total. The summed E-state index contributed by atoms with van der Waals surface area (Å²) >= 11 is 12.0. The van der Waals surface area contributed by atoms with E-state index in [1.807, 2.05) is 13.0 Å². The molecule has 1 aromatic rings. The van der Waals surface area contributed by atoms with Crippen molar-refractivity contribution in [1.29, 1.82) is 0 Å². The maximum Gasteiger partial charge on any atom is 0.143 e. The van der Waals surface area contributed by atoms with Crippen molar-refractivity contribution >= 4 is 23.2 Å². The zero-order valence-electron chi connectivity index (χ0n) is 8.68. The fourth-order valence-corrected chi connectivity index (χ4v) is 2.49. The van der Waals surface area contributed by atoms with Crippen LogP contribution in [0.1, 0.15) is 25.5 Å². The van der Waals surface area contributed by atoms with Gasteiger partial charge in [0.05, 0.1) is 11.1 Å². The smallest absolute Gasteiger partial charge is 0.143 e. The summed E-state index contributed by atoms with van der Waals surface area (Å²) in [5.74, 6) is 0.763. The Kier molecular flexibility index (Phi) is 3.10. The van der Waals surface area contributed by atoms with Gasteiger partial charge in [-0.1, -0.05) is 30.1 Å². The van der Waals surface area contributed by atoms with Crippen molar-refractivity contribution in [2.24, 2.45) is 0 Å². The summed E-state index contributed by atoms with van der Waals surface area (Å²) in [6.45, 7) is 4.98. The molecule has 2 unspecified atom stereocenters. The van der Waals surface area contributed by atoms with Gasteiger partial charge in [-0.2, -0.15) is 0 Å². The Morgan fingerprint density at radius 1 is 1.40 bits per heavy atom. The zero-order chi connectivity index (χ0) is 11.0. The first-order valence-electron chi connectivity index (χ1n) is 5.02. The number of fused-ring (bicyclic) bond motifs is 1. The van der Waals surface area contributed by atoms with Crippen molar-refractivity contribution in [2.45, 2.75) is 26.0 Å². The Hall–Kier alpha value is -0.440. The van der Waals surface area contributed by atoms with Crippen LogP contribution in [0, 0.1) is 0 Å². The van der Waals surface area contributed by atoms with E-state index in [0.717, 1.165) is 17.9 Å². The van der Waals surface area contributed by atoms with Gasteiger partial charge in [-0.05, 0) is 25.6 Å². The lowest BCUT2D eigenvalue weighted by molar-refractivity contribution is 0.211. The number of hydrogen-bond donors (Lipinski definition) is 1. The van der Waals surface area contributed by atoms with E-state index < -0.39 is 0 Å². The molecule has 0 radical (unpaired) electrons. The molecule has 0 fully saturated rings. The van der Waals surface area contributed by atoms with Gasteiger partial charge in [-0.15, -0.1) is 0 Å². The number of hydrogen-bond acceptors (Lipinski definition) is 2. The Morgan fingerprint density at radius 3 is 2.80 bits per heavy atom. The average molecular weight is 246 g/mol. The molecule has 82 valence electrons. The highest BCUT2D eigenvalue weighted by molar-refractivity contribution is 6.35. The number of halogens is 2. The largest absolute Gasteiger partial charge is 0.487 e. The standard InChI is InChI=1S/C11H13Cl2NO/c1-3-14-10-6(2)15-11-8(10)4-7(12)5-9(11)13/h4-6,10,14H,3H2,1-2H3. The van der Waals surface area contributed by atoms with E-state index in [2.05, 4.69) is 12.2 Å². The van der Waals surface area contributed by atoms with Crippen LogP contribution in [0.3, 0.4) is 0 Å². The zero-order valence-corrected chi connectivity index (χ0v) is 10.2. The molecule has 4 heteroatoms. The molecule has 0 bridgehead atoms. The molecule has 15 heavy (non-hydrogen) atoms. The highest BCUT2D eigenvalue weighted by Gasteiger charge is 2.32. The van der Waals surface area contributed by atoms with Gasteiger partial charge in [0.2, 0.25) is 0 Å². The first-order valence-corrected chi connectivity index (χ1v) is 5.78. The van der Waals surface area contributed by atoms with Crippen LogP contribution in [0.2, 0.25) is 10.0 Å². The van der Waals surface area contributed by atoms with E-state index in [9.17, 15) is 0 Å². The second-order valence-corrected chi connectivity index (χ2v) is 4.51. The Bertz CT molecular complexity index is 381. The molecule has 0 amide bonds. The van der Waals surface area contributed by atoms with Crippen LogP contribution in [0.5, 0.6) is 5.75 Å². The van der Waals surface area contributed by atoms with E-state index in [4.69, 9.17) is 27.9 Å². The van der Waals surface area contributed by atoms with Gasteiger partial charge in [-0.3, -0.25) is 0 Å². The maximum absolute atomic E-state index is 6.07. The molecule has 0 aromatic heterocycles. The third kappa shape index (κ3) is 1.94. The van der Waals surface area contributed by atoms with Crippen molar-refractivity contribution in [1.82, 2.24) is 5.32 Å².